The van der Waals surface area contributed by atoms with Crippen molar-refractivity contribution in [3.05, 3.63) is 29.5 Å². The molecule has 0 bridgehead atoms. The first-order chi connectivity index (χ1) is 13.6. The van der Waals surface area contributed by atoms with Gasteiger partial charge in [-0.25, -0.2) is 9.78 Å². The minimum atomic E-state index is -4.87. The van der Waals surface area contributed by atoms with Crippen molar-refractivity contribution in [3.8, 4) is 11.5 Å². The second-order valence-corrected chi connectivity index (χ2v) is 5.55. The molecular formula is C16H12F5N3O5. The fourth-order valence-electron chi connectivity index (χ4n) is 2.37. The van der Waals surface area contributed by atoms with Crippen molar-refractivity contribution in [1.82, 2.24) is 10.1 Å². The van der Waals surface area contributed by atoms with Crippen LogP contribution in [0.1, 0.15) is 24.3 Å². The molecule has 8 nitrogen and oxygen atoms in total. The zero-order valence-corrected chi connectivity index (χ0v) is 14.8. The van der Waals surface area contributed by atoms with Gasteiger partial charge in [0, 0.05) is 6.42 Å². The number of nitrogens with zero attached hydrogens (tertiary/aromatic N) is 2. The fourth-order valence-corrected chi connectivity index (χ4v) is 2.37. The topological polar surface area (TPSA) is 99.6 Å². The SMILES string of the molecule is CCc1nc2c(OC(F)F)ccc(OC(=O)Nc3c(C(F)(F)F)noc3C)c2o1. The summed E-state index contributed by atoms with van der Waals surface area (Å²) in [6.07, 6.45) is -5.90. The van der Waals surface area contributed by atoms with Gasteiger partial charge in [0.15, 0.2) is 28.7 Å². The molecule has 0 aliphatic carbocycles. The van der Waals surface area contributed by atoms with Gasteiger partial charge in [0.25, 0.3) is 0 Å². The molecule has 13 heteroatoms. The number of halogens is 5. The number of alkyl halides is 5. The quantitative estimate of drug-likeness (QED) is 0.584. The summed E-state index contributed by atoms with van der Waals surface area (Å²) in [6, 6.07) is 2.14. The summed E-state index contributed by atoms with van der Waals surface area (Å²) in [5.74, 6) is -0.743. The van der Waals surface area contributed by atoms with Crippen LogP contribution in [-0.4, -0.2) is 22.8 Å². The van der Waals surface area contributed by atoms with E-state index in [4.69, 9.17) is 9.15 Å². The number of hydrogen-bond donors (Lipinski definition) is 1. The molecular weight excluding hydrogens is 409 g/mol. The Morgan fingerprint density at radius 2 is 1.97 bits per heavy atom. The van der Waals surface area contributed by atoms with Crippen LogP contribution >= 0.6 is 0 Å². The Balaban J connectivity index is 1.90. The number of benzene rings is 1. The molecule has 29 heavy (non-hydrogen) atoms. The molecule has 2 heterocycles. The highest BCUT2D eigenvalue weighted by Crippen LogP contribution is 2.37. The number of ether oxygens (including phenoxy) is 2. The molecule has 0 aliphatic rings. The van der Waals surface area contributed by atoms with E-state index in [0.29, 0.717) is 6.42 Å². The van der Waals surface area contributed by atoms with Gasteiger partial charge in [0.2, 0.25) is 11.3 Å². The van der Waals surface area contributed by atoms with Crippen LogP contribution in [0.15, 0.2) is 21.1 Å². The van der Waals surface area contributed by atoms with Crippen molar-refractivity contribution in [2.75, 3.05) is 5.32 Å². The zero-order valence-electron chi connectivity index (χ0n) is 14.8. The van der Waals surface area contributed by atoms with E-state index in [1.165, 1.54) is 0 Å². The van der Waals surface area contributed by atoms with Crippen LogP contribution in [0.5, 0.6) is 11.5 Å². The van der Waals surface area contributed by atoms with Gasteiger partial charge < -0.3 is 18.4 Å². The Bertz CT molecular complexity index is 1040. The molecule has 0 fully saturated rings. The van der Waals surface area contributed by atoms with Gasteiger partial charge in [0.05, 0.1) is 0 Å². The number of fused-ring (bicyclic) bond motifs is 1. The minimum absolute atomic E-state index is 0.135. The molecule has 1 N–H and O–H groups in total. The smallest absolute Gasteiger partial charge is 0.437 e. The Kier molecular flexibility index (Phi) is 5.31. The van der Waals surface area contributed by atoms with Crippen LogP contribution in [0.2, 0.25) is 0 Å². The lowest BCUT2D eigenvalue weighted by atomic mass is 10.3. The molecule has 1 aromatic carbocycles. The third-order valence-electron chi connectivity index (χ3n) is 3.59. The first-order valence-electron chi connectivity index (χ1n) is 7.99. The van der Waals surface area contributed by atoms with Gasteiger partial charge in [-0.3, -0.25) is 5.32 Å². The Morgan fingerprint density at radius 1 is 1.28 bits per heavy atom. The summed E-state index contributed by atoms with van der Waals surface area (Å²) in [7, 11) is 0. The lowest BCUT2D eigenvalue weighted by Gasteiger charge is -2.10. The largest absolute Gasteiger partial charge is 0.438 e. The highest BCUT2D eigenvalue weighted by Gasteiger charge is 2.39. The number of oxazole rings is 1. The summed E-state index contributed by atoms with van der Waals surface area (Å²) < 4.78 is 83.0. The van der Waals surface area contributed by atoms with Gasteiger partial charge in [-0.1, -0.05) is 12.1 Å². The third-order valence-corrected chi connectivity index (χ3v) is 3.59. The van der Waals surface area contributed by atoms with E-state index in [0.717, 1.165) is 19.1 Å². The van der Waals surface area contributed by atoms with E-state index >= 15 is 0 Å². The van der Waals surface area contributed by atoms with Gasteiger partial charge >= 0.3 is 18.9 Å². The third kappa shape index (κ3) is 4.22. The maximum Gasteiger partial charge on any atom is 0.438 e. The van der Waals surface area contributed by atoms with Gasteiger partial charge in [0.1, 0.15) is 5.69 Å². The van der Waals surface area contributed by atoms with Gasteiger partial charge in [-0.2, -0.15) is 22.0 Å². The highest BCUT2D eigenvalue weighted by atomic mass is 19.4. The Labute approximate surface area is 158 Å². The summed E-state index contributed by atoms with van der Waals surface area (Å²) in [5, 5.41) is 4.76. The molecule has 0 unspecified atom stereocenters. The number of aryl methyl sites for hydroxylation is 2. The monoisotopic (exact) mass is 421 g/mol. The number of rotatable bonds is 5. The van der Waals surface area contributed by atoms with Crippen molar-refractivity contribution in [1.29, 1.82) is 0 Å². The number of aromatic nitrogens is 2. The molecule has 0 aliphatic heterocycles. The van der Waals surface area contributed by atoms with E-state index in [1.54, 1.807) is 6.92 Å². The van der Waals surface area contributed by atoms with Crippen LogP contribution in [-0.2, 0) is 12.6 Å². The summed E-state index contributed by atoms with van der Waals surface area (Å²) in [6.45, 7) is -0.289. The zero-order chi connectivity index (χ0) is 21.3. The molecule has 0 saturated heterocycles. The van der Waals surface area contributed by atoms with E-state index in [9.17, 15) is 26.7 Å². The molecule has 0 radical (unpaired) electrons. The van der Waals surface area contributed by atoms with Crippen molar-refractivity contribution in [2.24, 2.45) is 0 Å². The van der Waals surface area contributed by atoms with Crippen LogP contribution < -0.4 is 14.8 Å². The van der Waals surface area contributed by atoms with Crippen molar-refractivity contribution in [3.63, 3.8) is 0 Å². The number of carbonyl (C=O) groups excluding carboxylic acids is 1. The van der Waals surface area contributed by atoms with Crippen molar-refractivity contribution >= 4 is 22.9 Å². The van der Waals surface area contributed by atoms with Gasteiger partial charge in [-0.05, 0) is 19.1 Å². The average molecular weight is 421 g/mol. The molecule has 0 spiro atoms. The highest BCUT2D eigenvalue weighted by molar-refractivity contribution is 5.92. The maximum atomic E-state index is 12.9. The number of nitrogens with one attached hydrogen (secondary N) is 1. The average Bonchev–Trinajstić information content (AvgIpc) is 3.21. The van der Waals surface area contributed by atoms with Crippen LogP contribution in [0.25, 0.3) is 11.1 Å². The number of carbonyl (C=O) groups is 1. The number of hydrogen-bond acceptors (Lipinski definition) is 7. The molecule has 156 valence electrons. The maximum absolute atomic E-state index is 12.9. The molecule has 2 aromatic heterocycles. The Morgan fingerprint density at radius 3 is 2.59 bits per heavy atom. The number of anilines is 1. The number of amides is 1. The fraction of sp³-hybridized carbons (Fsp3) is 0.312. The Hall–Kier alpha value is -3.38. The summed E-state index contributed by atoms with van der Waals surface area (Å²) in [5.41, 5.74) is -2.48. The molecule has 0 saturated carbocycles. The second-order valence-electron chi connectivity index (χ2n) is 5.55. The van der Waals surface area contributed by atoms with Crippen LogP contribution in [0, 0.1) is 6.92 Å². The first kappa shape index (κ1) is 20.4. The van der Waals surface area contributed by atoms with Crippen LogP contribution in [0.3, 0.4) is 0 Å². The van der Waals surface area contributed by atoms with Gasteiger partial charge in [-0.15, -0.1) is 0 Å². The van der Waals surface area contributed by atoms with Crippen LogP contribution in [0.4, 0.5) is 32.4 Å². The van der Waals surface area contributed by atoms with Crippen molar-refractivity contribution in [2.45, 2.75) is 33.1 Å². The minimum Gasteiger partial charge on any atom is -0.437 e. The molecule has 0 atom stereocenters. The lowest BCUT2D eigenvalue weighted by molar-refractivity contribution is -0.142. The van der Waals surface area contributed by atoms with E-state index < -0.39 is 30.3 Å². The normalized spacial score (nSPS) is 11.9. The predicted molar refractivity (Wildman–Crippen MR) is 85.9 cm³/mol. The summed E-state index contributed by atoms with van der Waals surface area (Å²) >= 11 is 0. The standard InChI is InChI=1S/C16H12F5N3O5/c1-3-9-22-11-7(26-14(17)18)4-5-8(12(11)28-9)27-15(25)23-10-6(2)29-24-13(10)16(19,20)21/h4-5,14H,3H2,1-2H3,(H,23,25). The summed E-state index contributed by atoms with van der Waals surface area (Å²) in [4.78, 5) is 16.1. The molecule has 1 amide bonds. The van der Waals surface area contributed by atoms with E-state index in [-0.39, 0.29) is 34.2 Å². The first-order valence-corrected chi connectivity index (χ1v) is 7.99. The van der Waals surface area contributed by atoms with E-state index in [2.05, 4.69) is 19.4 Å². The lowest BCUT2D eigenvalue weighted by Crippen LogP contribution is -2.20. The van der Waals surface area contributed by atoms with Crippen molar-refractivity contribution < 1.29 is 45.2 Å². The second kappa shape index (κ2) is 7.56. The predicted octanol–water partition coefficient (Wildman–Crippen LogP) is 4.92. The van der Waals surface area contributed by atoms with E-state index in [1.807, 2.05) is 5.32 Å². The molecule has 3 rings (SSSR count). The molecule has 3 aromatic rings.